The molecule has 1 amide bonds. The van der Waals surface area contributed by atoms with Crippen molar-refractivity contribution < 1.29 is 4.79 Å². The molecular formula is C22H31N7O. The molecule has 0 unspecified atom stereocenters. The molecule has 30 heavy (non-hydrogen) atoms. The van der Waals surface area contributed by atoms with Gasteiger partial charge in [0.2, 0.25) is 5.91 Å². The lowest BCUT2D eigenvalue weighted by Crippen LogP contribution is -2.45. The van der Waals surface area contributed by atoms with Crippen molar-refractivity contribution in [3.05, 3.63) is 41.9 Å². The number of carbonyl (C=O) groups excluding carboxylic acids is 1. The van der Waals surface area contributed by atoms with Gasteiger partial charge in [-0.1, -0.05) is 0 Å². The van der Waals surface area contributed by atoms with Crippen LogP contribution in [0, 0.1) is 13.8 Å². The Kier molecular flexibility index (Phi) is 6.15. The van der Waals surface area contributed by atoms with E-state index in [1.807, 2.05) is 36.0 Å². The van der Waals surface area contributed by atoms with Crippen molar-refractivity contribution in [2.24, 2.45) is 0 Å². The van der Waals surface area contributed by atoms with Gasteiger partial charge in [-0.3, -0.25) is 4.79 Å². The summed E-state index contributed by atoms with van der Waals surface area (Å²) >= 11 is 0. The Morgan fingerprint density at radius 1 is 1.13 bits per heavy atom. The highest BCUT2D eigenvalue weighted by molar-refractivity contribution is 5.88. The Balaban J connectivity index is 1.40. The zero-order valence-corrected chi connectivity index (χ0v) is 18.1. The lowest BCUT2D eigenvalue weighted by molar-refractivity contribution is -0.121. The monoisotopic (exact) mass is 409 g/mol. The second kappa shape index (κ2) is 8.97. The Bertz CT molecular complexity index is 1000. The van der Waals surface area contributed by atoms with E-state index in [1.165, 1.54) is 0 Å². The minimum atomic E-state index is -0.0298. The average Bonchev–Trinajstić information content (AvgIpc) is 3.35. The third kappa shape index (κ3) is 4.55. The fraction of sp³-hybridized carbons (Fsp3) is 0.500. The summed E-state index contributed by atoms with van der Waals surface area (Å²) in [5.41, 5.74) is 2.79. The number of aryl methyl sites for hydroxylation is 2. The summed E-state index contributed by atoms with van der Waals surface area (Å²) in [4.78, 5) is 22.1. The van der Waals surface area contributed by atoms with Crippen LogP contribution in [0.15, 0.2) is 30.6 Å². The molecule has 0 atom stereocenters. The fourth-order valence-corrected chi connectivity index (χ4v) is 4.05. The van der Waals surface area contributed by atoms with Gasteiger partial charge >= 0.3 is 0 Å². The number of rotatable bonds is 7. The number of pyridine rings is 1. The van der Waals surface area contributed by atoms with E-state index in [4.69, 9.17) is 5.10 Å². The molecule has 1 fully saturated rings. The van der Waals surface area contributed by atoms with E-state index in [0.717, 1.165) is 67.3 Å². The van der Waals surface area contributed by atoms with E-state index in [9.17, 15) is 4.79 Å². The van der Waals surface area contributed by atoms with Gasteiger partial charge in [0.25, 0.3) is 0 Å². The van der Waals surface area contributed by atoms with Crippen LogP contribution < -0.4 is 5.32 Å². The van der Waals surface area contributed by atoms with Gasteiger partial charge in [-0.25, -0.2) is 9.67 Å². The molecule has 1 aliphatic rings. The standard InChI is InChI=1S/C22H31N7O/c1-17-15-18(2)24-21-20(17)22(28-9-4-5-10-28)25-29(21)16-19(30)23-7-6-8-27-13-11-26(3)12-14-27/h4-5,9-10,15H,6-8,11-14,16H2,1-3H3,(H,23,30). The summed E-state index contributed by atoms with van der Waals surface area (Å²) < 4.78 is 3.69. The van der Waals surface area contributed by atoms with Crippen molar-refractivity contribution >= 4 is 16.9 Å². The van der Waals surface area contributed by atoms with Crippen LogP contribution in [0.3, 0.4) is 0 Å². The molecular weight excluding hydrogens is 378 g/mol. The molecule has 3 aromatic rings. The Morgan fingerprint density at radius 3 is 2.60 bits per heavy atom. The average molecular weight is 410 g/mol. The van der Waals surface area contributed by atoms with E-state index in [-0.39, 0.29) is 12.5 Å². The van der Waals surface area contributed by atoms with Crippen LogP contribution in [-0.4, -0.2) is 81.4 Å². The van der Waals surface area contributed by atoms with Crippen LogP contribution in [0.1, 0.15) is 17.7 Å². The smallest absolute Gasteiger partial charge is 0.241 e. The molecule has 0 aliphatic carbocycles. The summed E-state index contributed by atoms with van der Waals surface area (Å²) in [5.74, 6) is 0.778. The van der Waals surface area contributed by atoms with Gasteiger partial charge in [0.05, 0.1) is 5.39 Å². The molecule has 4 heterocycles. The predicted molar refractivity (Wildman–Crippen MR) is 118 cm³/mol. The maximum absolute atomic E-state index is 12.6. The molecule has 0 radical (unpaired) electrons. The molecule has 0 saturated carbocycles. The molecule has 0 spiro atoms. The summed E-state index contributed by atoms with van der Waals surface area (Å²) in [6, 6.07) is 5.99. The second-order valence-electron chi connectivity index (χ2n) is 8.20. The molecule has 1 N–H and O–H groups in total. The van der Waals surface area contributed by atoms with E-state index in [0.29, 0.717) is 6.54 Å². The SMILES string of the molecule is Cc1cc(C)c2c(-n3cccc3)nn(CC(=O)NCCCN3CCN(C)CC3)c2n1. The van der Waals surface area contributed by atoms with Crippen molar-refractivity contribution in [2.75, 3.05) is 46.3 Å². The van der Waals surface area contributed by atoms with E-state index >= 15 is 0 Å². The molecule has 1 saturated heterocycles. The molecule has 4 rings (SSSR count). The number of piperazine rings is 1. The van der Waals surface area contributed by atoms with Gasteiger partial charge in [-0.05, 0) is 57.6 Å². The number of hydrogen-bond donors (Lipinski definition) is 1. The van der Waals surface area contributed by atoms with E-state index in [2.05, 4.69) is 40.1 Å². The van der Waals surface area contributed by atoms with Crippen LogP contribution in [0.25, 0.3) is 16.9 Å². The zero-order valence-electron chi connectivity index (χ0n) is 18.1. The summed E-state index contributed by atoms with van der Waals surface area (Å²) in [6.45, 7) is 10.4. The molecule has 8 heteroatoms. The quantitative estimate of drug-likeness (QED) is 0.600. The van der Waals surface area contributed by atoms with Crippen LogP contribution in [0.2, 0.25) is 0 Å². The van der Waals surface area contributed by atoms with Crippen molar-refractivity contribution in [3.63, 3.8) is 0 Å². The molecule has 0 aromatic carbocycles. The summed E-state index contributed by atoms with van der Waals surface area (Å²) in [6.07, 6.45) is 4.88. The highest BCUT2D eigenvalue weighted by atomic mass is 16.2. The van der Waals surface area contributed by atoms with Gasteiger partial charge in [-0.15, -0.1) is 0 Å². The Hall–Kier alpha value is -2.71. The number of likely N-dealkylation sites (N-methyl/N-ethyl adjacent to an activating group) is 1. The number of carbonyl (C=O) groups is 1. The predicted octanol–water partition coefficient (Wildman–Crippen LogP) is 1.59. The van der Waals surface area contributed by atoms with Gasteiger partial charge in [0.1, 0.15) is 6.54 Å². The Morgan fingerprint density at radius 2 is 1.87 bits per heavy atom. The molecule has 3 aromatic heterocycles. The Labute approximate surface area is 177 Å². The number of nitrogens with zero attached hydrogens (tertiary/aromatic N) is 6. The minimum Gasteiger partial charge on any atom is -0.354 e. The normalized spacial score (nSPS) is 15.7. The van der Waals surface area contributed by atoms with Crippen molar-refractivity contribution in [3.8, 4) is 5.82 Å². The van der Waals surface area contributed by atoms with Crippen LogP contribution in [0.5, 0.6) is 0 Å². The third-order valence-corrected chi connectivity index (χ3v) is 5.72. The number of amides is 1. The zero-order chi connectivity index (χ0) is 21.1. The molecule has 8 nitrogen and oxygen atoms in total. The number of fused-ring (bicyclic) bond motifs is 1. The maximum atomic E-state index is 12.6. The lowest BCUT2D eigenvalue weighted by Gasteiger charge is -2.32. The van der Waals surface area contributed by atoms with Gasteiger partial charge < -0.3 is 19.7 Å². The first-order valence-corrected chi connectivity index (χ1v) is 10.7. The van der Waals surface area contributed by atoms with Crippen molar-refractivity contribution in [1.29, 1.82) is 0 Å². The maximum Gasteiger partial charge on any atom is 0.241 e. The fourth-order valence-electron chi connectivity index (χ4n) is 4.05. The number of nitrogens with one attached hydrogen (secondary N) is 1. The second-order valence-corrected chi connectivity index (χ2v) is 8.20. The van der Waals surface area contributed by atoms with Crippen molar-refractivity contribution in [2.45, 2.75) is 26.8 Å². The highest BCUT2D eigenvalue weighted by Crippen LogP contribution is 2.25. The van der Waals surface area contributed by atoms with E-state index in [1.54, 1.807) is 4.68 Å². The molecule has 160 valence electrons. The van der Waals surface area contributed by atoms with Crippen molar-refractivity contribution in [1.82, 2.24) is 34.4 Å². The van der Waals surface area contributed by atoms with Crippen LogP contribution in [-0.2, 0) is 11.3 Å². The minimum absolute atomic E-state index is 0.0298. The number of hydrogen-bond acceptors (Lipinski definition) is 5. The first-order chi connectivity index (χ1) is 14.5. The molecule has 1 aliphatic heterocycles. The summed E-state index contributed by atoms with van der Waals surface area (Å²) in [7, 11) is 2.16. The van der Waals surface area contributed by atoms with Gasteiger partial charge in [0, 0.05) is 50.8 Å². The van der Waals surface area contributed by atoms with Gasteiger partial charge in [-0.2, -0.15) is 5.10 Å². The van der Waals surface area contributed by atoms with Crippen LogP contribution in [0.4, 0.5) is 0 Å². The van der Waals surface area contributed by atoms with Gasteiger partial charge in [0.15, 0.2) is 11.5 Å². The van der Waals surface area contributed by atoms with Crippen LogP contribution >= 0.6 is 0 Å². The highest BCUT2D eigenvalue weighted by Gasteiger charge is 2.18. The first-order valence-electron chi connectivity index (χ1n) is 10.7. The van der Waals surface area contributed by atoms with E-state index < -0.39 is 0 Å². The number of aromatic nitrogens is 4. The topological polar surface area (TPSA) is 71.2 Å². The first kappa shape index (κ1) is 20.6. The third-order valence-electron chi connectivity index (χ3n) is 5.72. The largest absolute Gasteiger partial charge is 0.354 e. The lowest BCUT2D eigenvalue weighted by atomic mass is 10.2. The molecule has 0 bridgehead atoms. The summed E-state index contributed by atoms with van der Waals surface area (Å²) in [5, 5.41) is 8.76.